The molecule has 1 atom stereocenters. The number of hydrogen-bond donors (Lipinski definition) is 2. The Morgan fingerprint density at radius 3 is 2.71 bits per heavy atom. The molecule has 9 heteroatoms. The van der Waals surface area contributed by atoms with Crippen molar-refractivity contribution in [2.75, 3.05) is 31.2 Å². The van der Waals surface area contributed by atoms with Gasteiger partial charge in [0.25, 0.3) is 5.56 Å². The minimum absolute atomic E-state index is 0.0575. The maximum absolute atomic E-state index is 13.1. The predicted molar refractivity (Wildman–Crippen MR) is 105 cm³/mol. The normalized spacial score (nSPS) is 21.6. The van der Waals surface area contributed by atoms with Gasteiger partial charge in [0.1, 0.15) is 11.1 Å². The van der Waals surface area contributed by atoms with Crippen molar-refractivity contribution in [3.63, 3.8) is 0 Å². The molecule has 9 nitrogen and oxygen atoms in total. The molecular weight excluding hydrogens is 358 g/mol. The maximum Gasteiger partial charge on any atom is 0.266 e. The van der Waals surface area contributed by atoms with Crippen LogP contribution in [0.2, 0.25) is 0 Å². The first kappa shape index (κ1) is 17.3. The van der Waals surface area contributed by atoms with E-state index in [2.05, 4.69) is 20.1 Å². The van der Waals surface area contributed by atoms with Crippen molar-refractivity contribution in [2.24, 2.45) is 18.2 Å². The van der Waals surface area contributed by atoms with Gasteiger partial charge in [-0.25, -0.2) is 0 Å². The van der Waals surface area contributed by atoms with Crippen LogP contribution in [0.15, 0.2) is 29.3 Å². The molecule has 2 aliphatic rings. The van der Waals surface area contributed by atoms with Crippen LogP contribution in [-0.4, -0.2) is 57.1 Å². The first-order valence-corrected chi connectivity index (χ1v) is 9.53. The number of anilines is 1. The van der Waals surface area contributed by atoms with E-state index in [1.165, 1.54) is 0 Å². The van der Waals surface area contributed by atoms with Gasteiger partial charge < -0.3 is 15.4 Å². The molecule has 2 fully saturated rings. The summed E-state index contributed by atoms with van der Waals surface area (Å²) in [6.07, 6.45) is 5.24. The summed E-state index contributed by atoms with van der Waals surface area (Å²) in [7, 11) is 1.77. The Hall–Kier alpha value is -2.78. The lowest BCUT2D eigenvalue weighted by Gasteiger charge is -2.41. The number of ether oxygens (including phenoxy) is 1. The Morgan fingerprint density at radius 1 is 1.29 bits per heavy atom. The van der Waals surface area contributed by atoms with Gasteiger partial charge in [-0.3, -0.25) is 19.4 Å². The Kier molecular flexibility index (Phi) is 3.95. The highest BCUT2D eigenvalue weighted by Gasteiger charge is 2.44. The number of rotatable bonds is 2. The Bertz CT molecular complexity index is 1070. The lowest BCUT2D eigenvalue weighted by Crippen LogP contribution is -2.50. The molecule has 3 N–H and O–H groups in total. The molecule has 2 aliphatic heterocycles. The van der Waals surface area contributed by atoms with E-state index in [0.29, 0.717) is 29.3 Å². The molecular formula is C19H23N7O2. The van der Waals surface area contributed by atoms with Gasteiger partial charge in [0, 0.05) is 49.6 Å². The largest absolute Gasteiger partial charge is 0.379 e. The van der Waals surface area contributed by atoms with Gasteiger partial charge in [-0.2, -0.15) is 10.1 Å². The van der Waals surface area contributed by atoms with Crippen LogP contribution in [0.1, 0.15) is 12.8 Å². The van der Waals surface area contributed by atoms with Gasteiger partial charge in [0.05, 0.1) is 13.2 Å². The molecule has 28 heavy (non-hydrogen) atoms. The molecule has 1 spiro atoms. The van der Waals surface area contributed by atoms with E-state index in [0.717, 1.165) is 38.1 Å². The lowest BCUT2D eigenvalue weighted by molar-refractivity contribution is 0.131. The van der Waals surface area contributed by atoms with Gasteiger partial charge in [-0.1, -0.05) is 0 Å². The second kappa shape index (κ2) is 6.39. The monoisotopic (exact) mass is 381 g/mol. The number of nitrogens with zero attached hydrogens (tertiary/aromatic N) is 5. The molecule has 0 saturated carbocycles. The maximum atomic E-state index is 13.1. The summed E-state index contributed by atoms with van der Waals surface area (Å²) in [4.78, 5) is 24.0. The topological polar surface area (TPSA) is 115 Å². The molecule has 0 radical (unpaired) electrons. The number of fused-ring (bicyclic) bond motifs is 1. The minimum atomic E-state index is -0.109. The summed E-state index contributed by atoms with van der Waals surface area (Å²) in [6.45, 7) is 2.96. The van der Waals surface area contributed by atoms with Gasteiger partial charge in [-0.15, -0.1) is 0 Å². The van der Waals surface area contributed by atoms with E-state index < -0.39 is 0 Å². The Balaban J connectivity index is 1.50. The Labute approximate surface area is 161 Å². The number of H-pyrrole nitrogens is 1. The number of nitrogens with one attached hydrogen (secondary N) is 1. The van der Waals surface area contributed by atoms with Gasteiger partial charge >= 0.3 is 0 Å². The minimum Gasteiger partial charge on any atom is -0.379 e. The molecule has 0 aliphatic carbocycles. The number of aromatic amines is 1. The van der Waals surface area contributed by atoms with Crippen molar-refractivity contribution < 1.29 is 4.74 Å². The van der Waals surface area contributed by atoms with Crippen molar-refractivity contribution in [3.05, 3.63) is 34.9 Å². The average Bonchev–Trinajstić information content (AvgIpc) is 3.30. The molecule has 0 aromatic carbocycles. The number of nitrogens with two attached hydrogens (primary N) is 1. The van der Waals surface area contributed by atoms with Gasteiger partial charge in [0.2, 0.25) is 5.95 Å². The molecule has 5 heterocycles. The molecule has 2 saturated heterocycles. The molecule has 3 aromatic heterocycles. The van der Waals surface area contributed by atoms with Crippen molar-refractivity contribution in [3.8, 4) is 11.3 Å². The van der Waals surface area contributed by atoms with Crippen LogP contribution in [0, 0.1) is 5.41 Å². The SMILES string of the molecule is Cn1c(N2CCC3(CC2)COC[C@H]3N)nc2[nH]nc(-c3ccncc3)c2c1=O. The number of pyridine rings is 1. The van der Waals surface area contributed by atoms with E-state index in [1.54, 1.807) is 24.0 Å². The summed E-state index contributed by atoms with van der Waals surface area (Å²) in [5.41, 5.74) is 8.17. The highest BCUT2D eigenvalue weighted by atomic mass is 16.5. The summed E-state index contributed by atoms with van der Waals surface area (Å²) in [5.74, 6) is 0.657. The van der Waals surface area contributed by atoms with Crippen molar-refractivity contribution in [1.29, 1.82) is 0 Å². The third kappa shape index (κ3) is 2.54. The van der Waals surface area contributed by atoms with Crippen molar-refractivity contribution >= 4 is 17.0 Å². The lowest BCUT2D eigenvalue weighted by atomic mass is 9.75. The first-order chi connectivity index (χ1) is 13.6. The molecule has 0 unspecified atom stereocenters. The third-order valence-corrected chi connectivity index (χ3v) is 6.25. The first-order valence-electron chi connectivity index (χ1n) is 9.53. The van der Waals surface area contributed by atoms with Crippen LogP contribution in [0.4, 0.5) is 5.95 Å². The van der Waals surface area contributed by atoms with Gasteiger partial charge in [0.15, 0.2) is 5.65 Å². The van der Waals surface area contributed by atoms with Crippen LogP contribution in [0.25, 0.3) is 22.3 Å². The zero-order valence-electron chi connectivity index (χ0n) is 15.8. The van der Waals surface area contributed by atoms with Crippen LogP contribution in [0.5, 0.6) is 0 Å². The summed E-state index contributed by atoms with van der Waals surface area (Å²) < 4.78 is 7.22. The average molecular weight is 381 g/mol. The Morgan fingerprint density at radius 2 is 2.04 bits per heavy atom. The quantitative estimate of drug-likeness (QED) is 0.670. The van der Waals surface area contributed by atoms with Crippen LogP contribution >= 0.6 is 0 Å². The standard InChI is InChI=1S/C19H23N7O2/c1-25-17(27)14-15(12-2-6-21-7-3-12)23-24-16(14)22-18(25)26-8-4-19(5-9-26)11-28-10-13(19)20/h2-3,6-7,13H,4-5,8-11,20H2,1H3,(H,23,24)/t13-/m1/s1. The molecule has 3 aromatic rings. The van der Waals surface area contributed by atoms with Crippen LogP contribution in [0.3, 0.4) is 0 Å². The molecule has 0 bridgehead atoms. The highest BCUT2D eigenvalue weighted by Crippen LogP contribution is 2.39. The van der Waals surface area contributed by atoms with Crippen LogP contribution in [-0.2, 0) is 11.8 Å². The van der Waals surface area contributed by atoms with Crippen molar-refractivity contribution in [2.45, 2.75) is 18.9 Å². The number of hydrogen-bond acceptors (Lipinski definition) is 7. The fraction of sp³-hybridized carbons (Fsp3) is 0.474. The summed E-state index contributed by atoms with van der Waals surface area (Å²) in [6, 6.07) is 3.75. The van der Waals surface area contributed by atoms with Gasteiger partial charge in [-0.05, 0) is 25.0 Å². The van der Waals surface area contributed by atoms with E-state index in [1.807, 2.05) is 12.1 Å². The highest BCUT2D eigenvalue weighted by molar-refractivity contribution is 5.90. The van der Waals surface area contributed by atoms with E-state index >= 15 is 0 Å². The molecule has 146 valence electrons. The second-order valence-electron chi connectivity index (χ2n) is 7.78. The zero-order valence-corrected chi connectivity index (χ0v) is 15.8. The van der Waals surface area contributed by atoms with Crippen LogP contribution < -0.4 is 16.2 Å². The van der Waals surface area contributed by atoms with E-state index in [-0.39, 0.29) is 17.0 Å². The number of aromatic nitrogens is 5. The zero-order chi connectivity index (χ0) is 19.3. The fourth-order valence-corrected chi connectivity index (χ4v) is 4.39. The molecule has 0 amide bonds. The predicted octanol–water partition coefficient (Wildman–Crippen LogP) is 0.663. The van der Waals surface area contributed by atoms with Crippen molar-refractivity contribution in [1.82, 2.24) is 24.7 Å². The third-order valence-electron chi connectivity index (χ3n) is 6.25. The summed E-state index contributed by atoms with van der Waals surface area (Å²) >= 11 is 0. The smallest absolute Gasteiger partial charge is 0.266 e. The molecule has 5 rings (SSSR count). The number of piperidine rings is 1. The van der Waals surface area contributed by atoms with E-state index in [9.17, 15) is 4.79 Å². The summed E-state index contributed by atoms with van der Waals surface area (Å²) in [5, 5.41) is 7.77. The fourth-order valence-electron chi connectivity index (χ4n) is 4.39. The van der Waals surface area contributed by atoms with E-state index in [4.69, 9.17) is 15.5 Å². The second-order valence-corrected chi connectivity index (χ2v) is 7.78.